The maximum absolute atomic E-state index is 11.8. The number of rotatable bonds is 4. The van der Waals surface area contributed by atoms with Crippen LogP contribution in [0, 0.1) is 25.2 Å². The number of hydrogen-bond donors (Lipinski definition) is 1. The molecule has 4 rings (SSSR count). The number of aryl methyl sites for hydroxylation is 2. The Labute approximate surface area is 173 Å². The summed E-state index contributed by atoms with van der Waals surface area (Å²) in [4.78, 5) is 19.5. The van der Waals surface area contributed by atoms with Crippen LogP contribution in [0.15, 0.2) is 52.9 Å². The van der Waals surface area contributed by atoms with Gasteiger partial charge in [0.25, 0.3) is 0 Å². The molecule has 0 unspecified atom stereocenters. The standard InChI is InChI=1S/C24H19N3O3/c1-14-4-8-20-21(10-14)27-23(26-20)17(13-25)11-18-7-9-22(30-18)19-12-16(24(28)29-3)6-5-15(19)2/h4-12H,1-3H3,(H,26,27)/b17-11-. The van der Waals surface area contributed by atoms with Crippen LogP contribution in [-0.4, -0.2) is 23.0 Å². The molecule has 6 nitrogen and oxygen atoms in total. The Morgan fingerprint density at radius 1 is 1.17 bits per heavy atom. The highest BCUT2D eigenvalue weighted by Gasteiger charge is 2.13. The fraction of sp³-hybridized carbons (Fsp3) is 0.125. The molecule has 0 aliphatic rings. The third-order valence-electron chi connectivity index (χ3n) is 4.85. The quantitative estimate of drug-likeness (QED) is 0.373. The van der Waals surface area contributed by atoms with Gasteiger partial charge in [0.05, 0.1) is 29.3 Å². The van der Waals surface area contributed by atoms with Crippen molar-refractivity contribution in [3.8, 4) is 17.4 Å². The van der Waals surface area contributed by atoms with Crippen molar-refractivity contribution in [2.45, 2.75) is 13.8 Å². The Balaban J connectivity index is 1.70. The molecule has 6 heteroatoms. The predicted molar refractivity (Wildman–Crippen MR) is 115 cm³/mol. The van der Waals surface area contributed by atoms with Gasteiger partial charge in [-0.05, 0) is 61.4 Å². The van der Waals surface area contributed by atoms with E-state index in [0.717, 1.165) is 27.7 Å². The number of imidazole rings is 1. The van der Waals surface area contributed by atoms with Gasteiger partial charge in [-0.2, -0.15) is 5.26 Å². The first kappa shape index (κ1) is 19.2. The van der Waals surface area contributed by atoms with Gasteiger partial charge in [-0.15, -0.1) is 0 Å². The molecule has 4 aromatic rings. The zero-order chi connectivity index (χ0) is 21.3. The monoisotopic (exact) mass is 397 g/mol. The maximum atomic E-state index is 11.8. The number of carbonyl (C=O) groups is 1. The van der Waals surface area contributed by atoms with Crippen molar-refractivity contribution < 1.29 is 13.9 Å². The highest BCUT2D eigenvalue weighted by molar-refractivity contribution is 5.92. The number of nitriles is 1. The van der Waals surface area contributed by atoms with Crippen molar-refractivity contribution in [3.05, 3.63) is 76.8 Å². The highest BCUT2D eigenvalue weighted by atomic mass is 16.5. The lowest BCUT2D eigenvalue weighted by Crippen LogP contribution is -2.01. The molecule has 1 N–H and O–H groups in total. The number of benzene rings is 2. The molecule has 0 spiro atoms. The van der Waals surface area contributed by atoms with E-state index in [4.69, 9.17) is 9.15 Å². The van der Waals surface area contributed by atoms with Gasteiger partial charge < -0.3 is 14.1 Å². The molecular weight excluding hydrogens is 378 g/mol. The molecule has 2 aromatic carbocycles. The summed E-state index contributed by atoms with van der Waals surface area (Å²) in [5.74, 6) is 1.19. The first-order chi connectivity index (χ1) is 14.5. The van der Waals surface area contributed by atoms with E-state index in [1.54, 1.807) is 24.3 Å². The van der Waals surface area contributed by atoms with Crippen molar-refractivity contribution >= 4 is 28.7 Å². The minimum absolute atomic E-state index is 0.366. The number of furan rings is 1. The van der Waals surface area contributed by atoms with Crippen molar-refractivity contribution in [1.82, 2.24) is 9.97 Å². The number of carbonyl (C=O) groups excluding carboxylic acids is 1. The van der Waals surface area contributed by atoms with E-state index in [2.05, 4.69) is 16.0 Å². The number of allylic oxidation sites excluding steroid dienone is 1. The van der Waals surface area contributed by atoms with Crippen LogP contribution >= 0.6 is 0 Å². The summed E-state index contributed by atoms with van der Waals surface area (Å²) in [7, 11) is 1.35. The molecule has 0 aliphatic carbocycles. The Morgan fingerprint density at radius 3 is 2.77 bits per heavy atom. The zero-order valence-electron chi connectivity index (χ0n) is 16.8. The molecule has 0 bridgehead atoms. The van der Waals surface area contributed by atoms with Crippen LogP contribution in [-0.2, 0) is 4.74 Å². The smallest absolute Gasteiger partial charge is 0.337 e. The number of esters is 1. The van der Waals surface area contributed by atoms with Gasteiger partial charge in [-0.3, -0.25) is 0 Å². The number of nitrogens with one attached hydrogen (secondary N) is 1. The van der Waals surface area contributed by atoms with Gasteiger partial charge in [0.2, 0.25) is 0 Å². The number of H-pyrrole nitrogens is 1. The Morgan fingerprint density at radius 2 is 2.00 bits per heavy atom. The topological polar surface area (TPSA) is 91.9 Å². The Bertz CT molecular complexity index is 1340. The summed E-state index contributed by atoms with van der Waals surface area (Å²) in [5, 5.41) is 9.64. The minimum atomic E-state index is -0.408. The molecule has 0 saturated carbocycles. The van der Waals surface area contributed by atoms with Crippen LogP contribution in [0.4, 0.5) is 0 Å². The maximum Gasteiger partial charge on any atom is 0.337 e. The normalized spacial score (nSPS) is 11.5. The number of fused-ring (bicyclic) bond motifs is 1. The summed E-state index contributed by atoms with van der Waals surface area (Å²) in [6, 6.07) is 17.0. The van der Waals surface area contributed by atoms with Gasteiger partial charge in [0.1, 0.15) is 23.4 Å². The average Bonchev–Trinajstić information content (AvgIpc) is 3.38. The lowest BCUT2D eigenvalue weighted by atomic mass is 10.0. The third kappa shape index (κ3) is 3.61. The molecule has 0 amide bonds. The summed E-state index contributed by atoms with van der Waals surface area (Å²) in [5.41, 5.74) is 5.34. The fourth-order valence-electron chi connectivity index (χ4n) is 3.25. The van der Waals surface area contributed by atoms with Crippen molar-refractivity contribution in [2.24, 2.45) is 0 Å². The number of aromatic amines is 1. The second kappa shape index (κ2) is 7.72. The molecule has 0 aliphatic heterocycles. The summed E-state index contributed by atoms with van der Waals surface area (Å²) >= 11 is 0. The van der Waals surface area contributed by atoms with Crippen molar-refractivity contribution in [1.29, 1.82) is 5.26 Å². The summed E-state index contributed by atoms with van der Waals surface area (Å²) < 4.78 is 10.7. The zero-order valence-corrected chi connectivity index (χ0v) is 16.8. The van der Waals surface area contributed by atoms with Crippen LogP contribution < -0.4 is 0 Å². The number of nitrogens with zero attached hydrogens (tertiary/aromatic N) is 2. The van der Waals surface area contributed by atoms with E-state index in [1.165, 1.54) is 7.11 Å². The van der Waals surface area contributed by atoms with Gasteiger partial charge in [0, 0.05) is 11.6 Å². The van der Waals surface area contributed by atoms with E-state index in [1.807, 2.05) is 44.2 Å². The molecular formula is C24H19N3O3. The van der Waals surface area contributed by atoms with Gasteiger partial charge in [-0.1, -0.05) is 12.1 Å². The highest BCUT2D eigenvalue weighted by Crippen LogP contribution is 2.29. The van der Waals surface area contributed by atoms with E-state index >= 15 is 0 Å². The molecule has 2 heterocycles. The average molecular weight is 397 g/mol. The lowest BCUT2D eigenvalue weighted by molar-refractivity contribution is 0.0601. The van der Waals surface area contributed by atoms with Crippen molar-refractivity contribution in [2.75, 3.05) is 7.11 Å². The second-order valence-electron chi connectivity index (χ2n) is 7.00. The van der Waals surface area contributed by atoms with Crippen LogP contribution in [0.25, 0.3) is 34.0 Å². The molecule has 0 saturated heterocycles. The number of methoxy groups -OCH3 is 1. The number of aromatic nitrogens is 2. The van der Waals surface area contributed by atoms with E-state index < -0.39 is 5.97 Å². The summed E-state index contributed by atoms with van der Waals surface area (Å²) in [6.45, 7) is 3.94. The fourth-order valence-corrected chi connectivity index (χ4v) is 3.25. The van der Waals surface area contributed by atoms with Gasteiger partial charge in [0.15, 0.2) is 0 Å². The molecule has 0 atom stereocenters. The van der Waals surface area contributed by atoms with Gasteiger partial charge in [-0.25, -0.2) is 9.78 Å². The SMILES string of the molecule is COC(=O)c1ccc(C)c(-c2ccc(/C=C(/C#N)c3nc4ccc(C)cc4[nH]3)o2)c1. The Kier molecular flexibility index (Phi) is 4.95. The van der Waals surface area contributed by atoms with E-state index in [-0.39, 0.29) is 0 Å². The van der Waals surface area contributed by atoms with E-state index in [9.17, 15) is 10.1 Å². The van der Waals surface area contributed by atoms with Crippen LogP contribution in [0.2, 0.25) is 0 Å². The van der Waals surface area contributed by atoms with Crippen LogP contribution in [0.1, 0.15) is 33.1 Å². The van der Waals surface area contributed by atoms with Crippen LogP contribution in [0.5, 0.6) is 0 Å². The predicted octanol–water partition coefficient (Wildman–Crippen LogP) is 5.29. The lowest BCUT2D eigenvalue weighted by Gasteiger charge is -2.05. The third-order valence-corrected chi connectivity index (χ3v) is 4.85. The van der Waals surface area contributed by atoms with Crippen molar-refractivity contribution in [3.63, 3.8) is 0 Å². The molecule has 0 fully saturated rings. The molecule has 2 aromatic heterocycles. The first-order valence-electron chi connectivity index (χ1n) is 9.36. The largest absolute Gasteiger partial charge is 0.465 e. The minimum Gasteiger partial charge on any atom is -0.465 e. The number of hydrogen-bond acceptors (Lipinski definition) is 5. The molecule has 0 radical (unpaired) electrons. The van der Waals surface area contributed by atoms with E-state index in [0.29, 0.717) is 28.5 Å². The second-order valence-corrected chi connectivity index (χ2v) is 7.00. The first-order valence-corrected chi connectivity index (χ1v) is 9.36. The Hall–Kier alpha value is -4.11. The number of ether oxygens (including phenoxy) is 1. The van der Waals surface area contributed by atoms with Gasteiger partial charge >= 0.3 is 5.97 Å². The molecule has 30 heavy (non-hydrogen) atoms. The molecule has 148 valence electrons. The van der Waals surface area contributed by atoms with Crippen LogP contribution in [0.3, 0.4) is 0 Å². The summed E-state index contributed by atoms with van der Waals surface area (Å²) in [6.07, 6.45) is 1.65.